The third-order valence-electron chi connectivity index (χ3n) is 3.58. The lowest BCUT2D eigenvalue weighted by Gasteiger charge is -2.23. The van der Waals surface area contributed by atoms with E-state index < -0.39 is 12.1 Å². The van der Waals surface area contributed by atoms with Crippen LogP contribution in [0.1, 0.15) is 47.1 Å². The number of fused-ring (bicyclic) bond motifs is 1. The van der Waals surface area contributed by atoms with Gasteiger partial charge in [-0.2, -0.15) is 0 Å². The Morgan fingerprint density at radius 2 is 2.00 bits per heavy atom. The van der Waals surface area contributed by atoms with Gasteiger partial charge in [-0.05, 0) is 47.6 Å². The molecule has 138 valence electrons. The van der Waals surface area contributed by atoms with E-state index in [1.54, 1.807) is 6.07 Å². The minimum atomic E-state index is -0.882. The topological polar surface area (TPSA) is 73.9 Å². The fourth-order valence-corrected chi connectivity index (χ4v) is 2.59. The maximum Gasteiger partial charge on any atom is 0.344 e. The Balaban J connectivity index is 1.90. The number of benzene rings is 1. The highest BCUT2D eigenvalue weighted by Crippen LogP contribution is 2.41. The normalized spacial score (nSPS) is 16.4. The van der Waals surface area contributed by atoms with Gasteiger partial charge in [0.05, 0.1) is 0 Å². The molecule has 0 unspecified atom stereocenters. The highest BCUT2D eigenvalue weighted by molar-refractivity contribution is 5.84. The summed E-state index contributed by atoms with van der Waals surface area (Å²) in [6.07, 6.45) is -0.0967. The quantitative estimate of drug-likeness (QED) is 0.827. The number of esters is 1. The van der Waals surface area contributed by atoms with Gasteiger partial charge in [0.1, 0.15) is 5.60 Å². The van der Waals surface area contributed by atoms with Gasteiger partial charge in [-0.1, -0.05) is 12.1 Å². The van der Waals surface area contributed by atoms with Gasteiger partial charge in [0.25, 0.3) is 5.91 Å². The van der Waals surface area contributed by atoms with Crippen molar-refractivity contribution >= 4 is 11.9 Å². The van der Waals surface area contributed by atoms with Gasteiger partial charge >= 0.3 is 5.97 Å². The standard InChI is InChI=1S/C19H27NO5/c1-12(17(22)20-18(2,3)4)24-15(21)11-23-14-9-7-8-13-10-19(5,6)25-16(13)14/h7-9,12H,10-11H2,1-6H3,(H,20,22)/t12-/m0/s1. The van der Waals surface area contributed by atoms with E-state index in [0.717, 1.165) is 12.0 Å². The van der Waals surface area contributed by atoms with E-state index in [0.29, 0.717) is 11.5 Å². The van der Waals surface area contributed by atoms with Gasteiger partial charge in [0.2, 0.25) is 0 Å². The fourth-order valence-electron chi connectivity index (χ4n) is 2.59. The lowest BCUT2D eigenvalue weighted by Crippen LogP contribution is -2.46. The van der Waals surface area contributed by atoms with Crippen molar-refractivity contribution in [2.24, 2.45) is 0 Å². The van der Waals surface area contributed by atoms with Crippen molar-refractivity contribution in [3.05, 3.63) is 23.8 Å². The van der Waals surface area contributed by atoms with Crippen LogP contribution < -0.4 is 14.8 Å². The van der Waals surface area contributed by atoms with Crippen molar-refractivity contribution < 1.29 is 23.8 Å². The first-order chi connectivity index (χ1) is 11.5. The minimum Gasteiger partial charge on any atom is -0.483 e. The summed E-state index contributed by atoms with van der Waals surface area (Å²) in [6.45, 7) is 10.8. The number of hydrogen-bond acceptors (Lipinski definition) is 5. The first kappa shape index (κ1) is 19.1. The molecule has 1 heterocycles. The first-order valence-corrected chi connectivity index (χ1v) is 8.42. The molecule has 0 aliphatic carbocycles. The lowest BCUT2D eigenvalue weighted by atomic mass is 10.0. The summed E-state index contributed by atoms with van der Waals surface area (Å²) in [7, 11) is 0. The van der Waals surface area contributed by atoms with Gasteiger partial charge in [-0.3, -0.25) is 4.79 Å². The van der Waals surface area contributed by atoms with Crippen LogP contribution in [0.3, 0.4) is 0 Å². The van der Waals surface area contributed by atoms with Gasteiger partial charge in [-0.15, -0.1) is 0 Å². The highest BCUT2D eigenvalue weighted by Gasteiger charge is 2.32. The zero-order chi connectivity index (χ0) is 18.8. The van der Waals surface area contributed by atoms with Crippen molar-refractivity contribution in [3.8, 4) is 11.5 Å². The zero-order valence-corrected chi connectivity index (χ0v) is 15.8. The molecule has 0 saturated heterocycles. The van der Waals surface area contributed by atoms with Crippen LogP contribution in [-0.4, -0.2) is 35.7 Å². The van der Waals surface area contributed by atoms with Crippen LogP contribution in [-0.2, 0) is 20.7 Å². The predicted molar refractivity (Wildman–Crippen MR) is 93.8 cm³/mol. The molecule has 1 aliphatic heterocycles. The predicted octanol–water partition coefficient (Wildman–Crippen LogP) is 2.63. The third kappa shape index (κ3) is 5.37. The average molecular weight is 349 g/mol. The summed E-state index contributed by atoms with van der Waals surface area (Å²) in [6, 6.07) is 5.60. The average Bonchev–Trinajstić information content (AvgIpc) is 2.77. The van der Waals surface area contributed by atoms with E-state index >= 15 is 0 Å². The SMILES string of the molecule is C[C@H](OC(=O)COc1cccc2c1OC(C)(C)C2)C(=O)NC(C)(C)C. The molecule has 1 aromatic carbocycles. The van der Waals surface area contributed by atoms with Crippen molar-refractivity contribution in [1.82, 2.24) is 5.32 Å². The number of rotatable bonds is 5. The highest BCUT2D eigenvalue weighted by atomic mass is 16.6. The van der Waals surface area contributed by atoms with E-state index in [4.69, 9.17) is 14.2 Å². The number of carbonyl (C=O) groups excluding carboxylic acids is 2. The van der Waals surface area contributed by atoms with E-state index in [2.05, 4.69) is 5.32 Å². The number of carbonyl (C=O) groups is 2. The van der Waals surface area contributed by atoms with Crippen LogP contribution in [0.5, 0.6) is 11.5 Å². The van der Waals surface area contributed by atoms with Crippen LogP contribution in [0.15, 0.2) is 18.2 Å². The zero-order valence-electron chi connectivity index (χ0n) is 15.8. The molecule has 1 aliphatic rings. The van der Waals surface area contributed by atoms with Crippen molar-refractivity contribution in [1.29, 1.82) is 0 Å². The second-order valence-electron chi connectivity index (χ2n) is 7.94. The summed E-state index contributed by atoms with van der Waals surface area (Å²) < 4.78 is 16.6. The minimum absolute atomic E-state index is 0.284. The van der Waals surface area contributed by atoms with Crippen molar-refractivity contribution in [2.45, 2.75) is 65.2 Å². The molecule has 0 radical (unpaired) electrons. The molecule has 0 fully saturated rings. The molecule has 0 saturated carbocycles. The number of para-hydroxylation sites is 1. The number of hydrogen-bond donors (Lipinski definition) is 1. The maximum atomic E-state index is 12.0. The number of ether oxygens (including phenoxy) is 3. The Bertz CT molecular complexity index is 660. The number of amides is 1. The molecule has 0 bridgehead atoms. The van der Waals surface area contributed by atoms with E-state index in [1.807, 2.05) is 46.8 Å². The maximum absolute atomic E-state index is 12.0. The van der Waals surface area contributed by atoms with E-state index in [-0.39, 0.29) is 23.7 Å². The Morgan fingerprint density at radius 3 is 2.64 bits per heavy atom. The van der Waals surface area contributed by atoms with Gasteiger partial charge in [0, 0.05) is 17.5 Å². The van der Waals surface area contributed by atoms with Crippen molar-refractivity contribution in [2.75, 3.05) is 6.61 Å². The molecule has 6 heteroatoms. The summed E-state index contributed by atoms with van der Waals surface area (Å²) in [4.78, 5) is 23.9. The third-order valence-corrected chi connectivity index (χ3v) is 3.58. The smallest absolute Gasteiger partial charge is 0.344 e. The summed E-state index contributed by atoms with van der Waals surface area (Å²) in [5.41, 5.74) is 0.374. The van der Waals surface area contributed by atoms with E-state index in [9.17, 15) is 9.59 Å². The first-order valence-electron chi connectivity index (χ1n) is 8.42. The Labute approximate surface area is 148 Å². The summed E-state index contributed by atoms with van der Waals surface area (Å²) >= 11 is 0. The van der Waals surface area contributed by atoms with Crippen molar-refractivity contribution in [3.63, 3.8) is 0 Å². The molecule has 1 N–H and O–H groups in total. The van der Waals surface area contributed by atoms with Crippen LogP contribution in [0.25, 0.3) is 0 Å². The molecule has 6 nitrogen and oxygen atoms in total. The lowest BCUT2D eigenvalue weighted by molar-refractivity contribution is -0.157. The second-order valence-corrected chi connectivity index (χ2v) is 7.94. The fraction of sp³-hybridized carbons (Fsp3) is 0.579. The van der Waals surface area contributed by atoms with Crippen LogP contribution in [0.4, 0.5) is 0 Å². The van der Waals surface area contributed by atoms with Crippen LogP contribution in [0, 0.1) is 0 Å². The molecule has 1 amide bonds. The van der Waals surface area contributed by atoms with Gasteiger partial charge < -0.3 is 19.5 Å². The molecule has 25 heavy (non-hydrogen) atoms. The van der Waals surface area contributed by atoms with Gasteiger partial charge in [-0.25, -0.2) is 4.79 Å². The van der Waals surface area contributed by atoms with Crippen LogP contribution in [0.2, 0.25) is 0 Å². The molecule has 0 spiro atoms. The Kier molecular flexibility index (Phi) is 5.30. The second kappa shape index (κ2) is 6.94. The van der Waals surface area contributed by atoms with E-state index in [1.165, 1.54) is 6.92 Å². The molecule has 2 rings (SSSR count). The Hall–Kier alpha value is -2.24. The molecule has 1 aromatic rings. The Morgan fingerprint density at radius 1 is 1.32 bits per heavy atom. The molecular formula is C19H27NO5. The largest absolute Gasteiger partial charge is 0.483 e. The molecular weight excluding hydrogens is 322 g/mol. The number of nitrogens with one attached hydrogen (secondary N) is 1. The monoisotopic (exact) mass is 349 g/mol. The molecule has 0 aromatic heterocycles. The van der Waals surface area contributed by atoms with Gasteiger partial charge in [0.15, 0.2) is 24.2 Å². The van der Waals surface area contributed by atoms with Crippen LogP contribution >= 0.6 is 0 Å². The summed E-state index contributed by atoms with van der Waals surface area (Å²) in [5, 5.41) is 2.76. The molecule has 1 atom stereocenters. The summed E-state index contributed by atoms with van der Waals surface area (Å²) in [5.74, 6) is 0.226.